The Hall–Kier alpha value is -0.280. The van der Waals surface area contributed by atoms with E-state index in [2.05, 4.69) is 20.8 Å². The van der Waals surface area contributed by atoms with Gasteiger partial charge >= 0.3 is 0 Å². The van der Waals surface area contributed by atoms with Crippen molar-refractivity contribution in [2.45, 2.75) is 116 Å². The normalized spacial score (nSPS) is 41.8. The summed E-state index contributed by atoms with van der Waals surface area (Å²) >= 11 is 0. The summed E-state index contributed by atoms with van der Waals surface area (Å²) in [5, 5.41) is 0. The summed E-state index contributed by atoms with van der Waals surface area (Å²) in [6, 6.07) is 0. The topological polar surface area (TPSA) is 132 Å². The Morgan fingerprint density at radius 2 is 1.38 bits per heavy atom. The molecule has 7 heteroatoms. The maximum Gasteiger partial charge on any atom is 0.0637 e. The van der Waals surface area contributed by atoms with Gasteiger partial charge in [-0.05, 0) is 144 Å². The van der Waals surface area contributed by atoms with Crippen LogP contribution < -0.4 is 22.9 Å². The Bertz CT molecular complexity index is 757. The van der Waals surface area contributed by atoms with E-state index in [0.717, 1.165) is 71.3 Å². The number of fused-ring (bicyclic) bond motifs is 5. The molecule has 0 bridgehead atoms. The van der Waals surface area contributed by atoms with Gasteiger partial charge in [-0.1, -0.05) is 20.8 Å². The van der Waals surface area contributed by atoms with Crippen molar-refractivity contribution in [2.24, 2.45) is 69.3 Å². The molecule has 0 saturated heterocycles. The third kappa shape index (κ3) is 6.61. The SMILES string of the molecule is CC(CCCN)C1CC[C@H]2C3[C@H](OCCCN)CC4C[C@H](OCCCN)CCC4(C)[C@H]3C[C@H](OCCCN)C12C. The summed E-state index contributed by atoms with van der Waals surface area (Å²) in [4.78, 5) is 0. The van der Waals surface area contributed by atoms with Crippen LogP contribution in [0.4, 0.5) is 0 Å². The van der Waals surface area contributed by atoms with Crippen molar-refractivity contribution in [3.63, 3.8) is 0 Å². The molecule has 4 aliphatic rings. The van der Waals surface area contributed by atoms with Gasteiger partial charge in [0.2, 0.25) is 0 Å². The van der Waals surface area contributed by atoms with Crippen molar-refractivity contribution >= 4 is 0 Å². The minimum Gasteiger partial charge on any atom is -0.378 e. The average molecular weight is 565 g/mol. The molecule has 234 valence electrons. The summed E-state index contributed by atoms with van der Waals surface area (Å²) in [6.45, 7) is 12.9. The second-order valence-electron chi connectivity index (χ2n) is 14.4. The number of rotatable bonds is 16. The first kappa shape index (κ1) is 32.6. The molecular weight excluding hydrogens is 500 g/mol. The van der Waals surface area contributed by atoms with Gasteiger partial charge in [0.15, 0.2) is 0 Å². The van der Waals surface area contributed by atoms with Crippen LogP contribution >= 0.6 is 0 Å². The standard InChI is InChI=1S/C33H64N4O3/c1-23(8-4-13-34)26-9-10-27-31-28(22-30(33(26,27)3)40-19-7-16-37)32(2)12-11-25(38-17-5-14-35)20-24(32)21-29(31)39-18-6-15-36/h23-31H,4-22,34-37H2,1-3H3/t23?,24?,25-,26?,27+,28+,29-,30+,31?,32?,33?/m1/s1. The predicted molar refractivity (Wildman–Crippen MR) is 164 cm³/mol. The highest BCUT2D eigenvalue weighted by atomic mass is 16.5. The van der Waals surface area contributed by atoms with E-state index in [9.17, 15) is 0 Å². The molecule has 4 fully saturated rings. The zero-order valence-electron chi connectivity index (χ0n) is 26.2. The van der Waals surface area contributed by atoms with Crippen LogP contribution in [0.5, 0.6) is 0 Å². The molecule has 11 atom stereocenters. The summed E-state index contributed by atoms with van der Waals surface area (Å²) in [5.41, 5.74) is 24.0. The molecule has 0 aromatic heterocycles. The molecule has 0 aromatic carbocycles. The van der Waals surface area contributed by atoms with Gasteiger partial charge in [-0.15, -0.1) is 0 Å². The highest BCUT2D eigenvalue weighted by molar-refractivity contribution is 5.15. The maximum atomic E-state index is 6.92. The summed E-state index contributed by atoms with van der Waals surface area (Å²) < 4.78 is 20.1. The van der Waals surface area contributed by atoms with Gasteiger partial charge in [0.05, 0.1) is 18.3 Å². The van der Waals surface area contributed by atoms with Crippen molar-refractivity contribution in [3.05, 3.63) is 0 Å². The van der Waals surface area contributed by atoms with Gasteiger partial charge in [-0.25, -0.2) is 0 Å². The lowest BCUT2D eigenvalue weighted by molar-refractivity contribution is -0.227. The van der Waals surface area contributed by atoms with Crippen LogP contribution in [0.25, 0.3) is 0 Å². The Kier molecular flexibility index (Phi) is 12.2. The Balaban J connectivity index is 1.64. The molecule has 0 amide bonds. The lowest BCUT2D eigenvalue weighted by Gasteiger charge is -2.65. The van der Waals surface area contributed by atoms with Gasteiger partial charge < -0.3 is 37.1 Å². The fraction of sp³-hybridized carbons (Fsp3) is 1.00. The van der Waals surface area contributed by atoms with E-state index in [1.807, 2.05) is 0 Å². The molecule has 40 heavy (non-hydrogen) atoms. The highest BCUT2D eigenvalue weighted by Crippen LogP contribution is 2.69. The van der Waals surface area contributed by atoms with Crippen molar-refractivity contribution < 1.29 is 14.2 Å². The highest BCUT2D eigenvalue weighted by Gasteiger charge is 2.66. The molecule has 0 aromatic rings. The first-order valence-corrected chi connectivity index (χ1v) is 17.0. The van der Waals surface area contributed by atoms with Gasteiger partial charge in [-0.2, -0.15) is 0 Å². The zero-order valence-corrected chi connectivity index (χ0v) is 26.2. The van der Waals surface area contributed by atoms with Crippen LogP contribution in [0.2, 0.25) is 0 Å². The van der Waals surface area contributed by atoms with Crippen LogP contribution in [0.1, 0.15) is 97.8 Å². The second kappa shape index (κ2) is 14.9. The van der Waals surface area contributed by atoms with E-state index in [0.29, 0.717) is 72.8 Å². The number of hydrogen-bond donors (Lipinski definition) is 4. The first-order valence-electron chi connectivity index (χ1n) is 17.0. The number of nitrogens with two attached hydrogens (primary N) is 4. The Morgan fingerprint density at radius 1 is 0.725 bits per heavy atom. The molecule has 0 heterocycles. The quantitative estimate of drug-likeness (QED) is 0.204. The van der Waals surface area contributed by atoms with Gasteiger partial charge in [0.1, 0.15) is 0 Å². The molecule has 4 aliphatic carbocycles. The van der Waals surface area contributed by atoms with Crippen LogP contribution in [0, 0.1) is 46.3 Å². The molecule has 8 N–H and O–H groups in total. The summed E-state index contributed by atoms with van der Waals surface area (Å²) in [7, 11) is 0. The van der Waals surface area contributed by atoms with E-state index in [1.165, 1.54) is 32.1 Å². The lowest BCUT2D eigenvalue weighted by Crippen LogP contribution is -2.63. The maximum absolute atomic E-state index is 6.92. The Morgan fingerprint density at radius 3 is 2.05 bits per heavy atom. The van der Waals surface area contributed by atoms with Crippen molar-refractivity contribution in [2.75, 3.05) is 46.0 Å². The van der Waals surface area contributed by atoms with Crippen LogP contribution in [0.3, 0.4) is 0 Å². The molecule has 0 radical (unpaired) electrons. The molecule has 6 unspecified atom stereocenters. The third-order valence-electron chi connectivity index (χ3n) is 12.4. The van der Waals surface area contributed by atoms with Crippen LogP contribution in [0.15, 0.2) is 0 Å². The third-order valence-corrected chi connectivity index (χ3v) is 12.4. The smallest absolute Gasteiger partial charge is 0.0637 e. The predicted octanol–water partition coefficient (Wildman–Crippen LogP) is 4.44. The average Bonchev–Trinajstić information content (AvgIpc) is 3.31. The first-order chi connectivity index (χ1) is 19.3. The van der Waals surface area contributed by atoms with Crippen molar-refractivity contribution in [3.8, 4) is 0 Å². The van der Waals surface area contributed by atoms with Gasteiger partial charge in [0, 0.05) is 25.2 Å². The van der Waals surface area contributed by atoms with Crippen LogP contribution in [-0.4, -0.2) is 64.3 Å². The van der Waals surface area contributed by atoms with Crippen molar-refractivity contribution in [1.82, 2.24) is 0 Å². The lowest BCUT2D eigenvalue weighted by atomic mass is 9.43. The Labute approximate surface area is 245 Å². The zero-order chi connectivity index (χ0) is 28.8. The monoisotopic (exact) mass is 564 g/mol. The number of ether oxygens (including phenoxy) is 3. The molecule has 0 spiro atoms. The molecule has 7 nitrogen and oxygen atoms in total. The van der Waals surface area contributed by atoms with E-state index in [4.69, 9.17) is 37.1 Å². The molecule has 4 saturated carbocycles. The van der Waals surface area contributed by atoms with Gasteiger partial charge in [-0.3, -0.25) is 0 Å². The molecule has 0 aliphatic heterocycles. The molecular formula is C33H64N4O3. The van der Waals surface area contributed by atoms with E-state index in [-0.39, 0.29) is 11.5 Å². The van der Waals surface area contributed by atoms with E-state index < -0.39 is 0 Å². The minimum atomic E-state index is 0.172. The summed E-state index contributed by atoms with van der Waals surface area (Å²) in [5.74, 6) is 3.83. The molecule has 4 rings (SSSR count). The fourth-order valence-corrected chi connectivity index (χ4v) is 10.2. The van der Waals surface area contributed by atoms with Gasteiger partial charge in [0.25, 0.3) is 0 Å². The van der Waals surface area contributed by atoms with E-state index in [1.54, 1.807) is 0 Å². The fourth-order valence-electron chi connectivity index (χ4n) is 10.2. The summed E-state index contributed by atoms with van der Waals surface area (Å²) in [6.07, 6.45) is 14.6. The minimum absolute atomic E-state index is 0.172. The largest absolute Gasteiger partial charge is 0.378 e. The van der Waals surface area contributed by atoms with Crippen LogP contribution in [-0.2, 0) is 14.2 Å². The second-order valence-corrected chi connectivity index (χ2v) is 14.4. The van der Waals surface area contributed by atoms with Crippen molar-refractivity contribution in [1.29, 1.82) is 0 Å². The van der Waals surface area contributed by atoms with E-state index >= 15 is 0 Å². The number of hydrogen-bond acceptors (Lipinski definition) is 7.